The molecule has 0 saturated carbocycles. The summed E-state index contributed by atoms with van der Waals surface area (Å²) in [5.74, 6) is 0.779. The fourth-order valence-electron chi connectivity index (χ4n) is 1.75. The first-order valence-corrected chi connectivity index (χ1v) is 5.47. The third kappa shape index (κ3) is 2.13. The first-order valence-electron chi connectivity index (χ1n) is 5.47. The van der Waals surface area contributed by atoms with Crippen LogP contribution in [0.2, 0.25) is 0 Å². The maximum atomic E-state index is 9.66. The van der Waals surface area contributed by atoms with Gasteiger partial charge in [0.25, 0.3) is 0 Å². The van der Waals surface area contributed by atoms with Gasteiger partial charge in [0.2, 0.25) is 0 Å². The third-order valence-electron chi connectivity index (χ3n) is 2.70. The summed E-state index contributed by atoms with van der Waals surface area (Å²) in [7, 11) is 0. The number of hydrogen-bond donors (Lipinski definition) is 3. The molecule has 0 spiro atoms. The highest BCUT2D eigenvalue weighted by molar-refractivity contribution is 5.60. The standard InChI is InChI=1S/C12H18N2O2/c1-12(2)7-14-9-4-3-8(10(15)6-13)5-11(9)16-12/h3-5,10,14-15H,6-7,13H2,1-2H3. The van der Waals surface area contributed by atoms with Gasteiger partial charge in [-0.1, -0.05) is 6.07 Å². The molecule has 1 atom stereocenters. The second kappa shape index (κ2) is 3.96. The lowest BCUT2D eigenvalue weighted by molar-refractivity contribution is 0.115. The van der Waals surface area contributed by atoms with Crippen molar-refractivity contribution < 1.29 is 9.84 Å². The Morgan fingerprint density at radius 3 is 3.00 bits per heavy atom. The summed E-state index contributed by atoms with van der Waals surface area (Å²) in [6.07, 6.45) is -0.626. The summed E-state index contributed by atoms with van der Waals surface area (Å²) in [5, 5.41) is 13.0. The van der Waals surface area contributed by atoms with Gasteiger partial charge in [-0.2, -0.15) is 0 Å². The molecule has 0 aromatic heterocycles. The van der Waals surface area contributed by atoms with E-state index in [2.05, 4.69) is 5.32 Å². The van der Waals surface area contributed by atoms with Gasteiger partial charge in [-0.3, -0.25) is 0 Å². The van der Waals surface area contributed by atoms with E-state index >= 15 is 0 Å². The zero-order valence-corrected chi connectivity index (χ0v) is 9.66. The van der Waals surface area contributed by atoms with Gasteiger partial charge in [-0.25, -0.2) is 0 Å². The van der Waals surface area contributed by atoms with Crippen molar-refractivity contribution >= 4 is 5.69 Å². The van der Waals surface area contributed by atoms with E-state index in [9.17, 15) is 5.11 Å². The molecule has 4 N–H and O–H groups in total. The molecule has 0 bridgehead atoms. The molecule has 1 aliphatic rings. The van der Waals surface area contributed by atoms with Crippen molar-refractivity contribution in [3.8, 4) is 5.75 Å². The van der Waals surface area contributed by atoms with Gasteiger partial charge in [0.1, 0.15) is 11.4 Å². The van der Waals surface area contributed by atoms with Gasteiger partial charge < -0.3 is 20.9 Å². The Bertz CT molecular complexity index is 391. The van der Waals surface area contributed by atoms with Gasteiger partial charge in [-0.05, 0) is 31.5 Å². The van der Waals surface area contributed by atoms with Crippen LogP contribution in [0.1, 0.15) is 25.5 Å². The maximum absolute atomic E-state index is 9.66. The topological polar surface area (TPSA) is 67.5 Å². The van der Waals surface area contributed by atoms with Crippen molar-refractivity contribution in [1.29, 1.82) is 0 Å². The van der Waals surface area contributed by atoms with Crippen molar-refractivity contribution in [3.63, 3.8) is 0 Å². The number of anilines is 1. The van der Waals surface area contributed by atoms with Crippen molar-refractivity contribution in [2.75, 3.05) is 18.4 Å². The van der Waals surface area contributed by atoms with Gasteiger partial charge in [0.15, 0.2) is 0 Å². The van der Waals surface area contributed by atoms with Crippen LogP contribution >= 0.6 is 0 Å². The minimum atomic E-state index is -0.626. The summed E-state index contributed by atoms with van der Waals surface area (Å²) in [6, 6.07) is 5.63. The molecule has 88 valence electrons. The molecule has 1 aromatic rings. The van der Waals surface area contributed by atoms with Crippen molar-refractivity contribution in [1.82, 2.24) is 0 Å². The molecule has 0 amide bonds. The van der Waals surface area contributed by atoms with E-state index in [1.165, 1.54) is 0 Å². The predicted molar refractivity (Wildman–Crippen MR) is 63.7 cm³/mol. The maximum Gasteiger partial charge on any atom is 0.143 e. The molecule has 2 rings (SSSR count). The van der Waals surface area contributed by atoms with Crippen LogP contribution in [0.3, 0.4) is 0 Å². The van der Waals surface area contributed by atoms with Crippen LogP contribution in [-0.2, 0) is 0 Å². The van der Waals surface area contributed by atoms with Crippen molar-refractivity contribution in [3.05, 3.63) is 23.8 Å². The normalized spacial score (nSPS) is 19.2. The van der Waals surface area contributed by atoms with E-state index in [1.54, 1.807) is 0 Å². The Morgan fingerprint density at radius 1 is 1.56 bits per heavy atom. The smallest absolute Gasteiger partial charge is 0.143 e. The van der Waals surface area contributed by atoms with Gasteiger partial charge in [-0.15, -0.1) is 0 Å². The largest absolute Gasteiger partial charge is 0.484 e. The second-order valence-electron chi connectivity index (χ2n) is 4.72. The van der Waals surface area contributed by atoms with E-state index in [1.807, 2.05) is 32.0 Å². The number of aliphatic hydroxyl groups excluding tert-OH is 1. The van der Waals surface area contributed by atoms with Gasteiger partial charge in [0.05, 0.1) is 18.3 Å². The first kappa shape index (κ1) is 11.2. The molecule has 0 saturated heterocycles. The summed E-state index contributed by atoms with van der Waals surface area (Å²) in [6.45, 7) is 5.04. The Hall–Kier alpha value is -1.26. The fourth-order valence-corrected chi connectivity index (χ4v) is 1.75. The monoisotopic (exact) mass is 222 g/mol. The Morgan fingerprint density at radius 2 is 2.31 bits per heavy atom. The van der Waals surface area contributed by atoms with Crippen LogP contribution in [0.15, 0.2) is 18.2 Å². The molecule has 1 aromatic carbocycles. The molecular formula is C12H18N2O2. The zero-order valence-electron chi connectivity index (χ0n) is 9.66. The predicted octanol–water partition coefficient (Wildman–Crippen LogP) is 1.26. The van der Waals surface area contributed by atoms with Crippen LogP contribution in [0, 0.1) is 0 Å². The molecule has 1 unspecified atom stereocenters. The lowest BCUT2D eigenvalue weighted by atomic mass is 10.0. The van der Waals surface area contributed by atoms with Crippen LogP contribution in [0.25, 0.3) is 0 Å². The molecule has 1 heterocycles. The molecule has 0 fully saturated rings. The third-order valence-corrected chi connectivity index (χ3v) is 2.70. The lowest BCUT2D eigenvalue weighted by Crippen LogP contribution is -2.40. The van der Waals surface area contributed by atoms with E-state index in [4.69, 9.17) is 10.5 Å². The molecular weight excluding hydrogens is 204 g/mol. The summed E-state index contributed by atoms with van der Waals surface area (Å²) < 4.78 is 5.84. The van der Waals surface area contributed by atoms with E-state index in [-0.39, 0.29) is 12.1 Å². The molecule has 4 nitrogen and oxygen atoms in total. The number of ether oxygens (including phenoxy) is 1. The van der Waals surface area contributed by atoms with Gasteiger partial charge >= 0.3 is 0 Å². The van der Waals surface area contributed by atoms with Gasteiger partial charge in [0, 0.05) is 6.54 Å². The fraction of sp³-hybridized carbons (Fsp3) is 0.500. The van der Waals surface area contributed by atoms with E-state index in [0.717, 1.165) is 23.5 Å². The molecule has 16 heavy (non-hydrogen) atoms. The minimum absolute atomic E-state index is 0.218. The van der Waals surface area contributed by atoms with Crippen LogP contribution in [0.4, 0.5) is 5.69 Å². The highest BCUT2D eigenvalue weighted by Gasteiger charge is 2.26. The second-order valence-corrected chi connectivity index (χ2v) is 4.72. The number of hydrogen-bond acceptors (Lipinski definition) is 4. The average molecular weight is 222 g/mol. The zero-order chi connectivity index (χ0) is 11.8. The van der Waals surface area contributed by atoms with Crippen LogP contribution in [0.5, 0.6) is 5.75 Å². The molecule has 4 heteroatoms. The number of fused-ring (bicyclic) bond motifs is 1. The summed E-state index contributed by atoms with van der Waals surface area (Å²) >= 11 is 0. The van der Waals surface area contributed by atoms with Crippen molar-refractivity contribution in [2.45, 2.75) is 25.6 Å². The lowest BCUT2D eigenvalue weighted by Gasteiger charge is -2.33. The van der Waals surface area contributed by atoms with Crippen LogP contribution in [-0.4, -0.2) is 23.8 Å². The first-order chi connectivity index (χ1) is 7.52. The average Bonchev–Trinajstić information content (AvgIpc) is 2.25. The Labute approximate surface area is 95.4 Å². The number of benzene rings is 1. The van der Waals surface area contributed by atoms with E-state index in [0.29, 0.717) is 0 Å². The quantitative estimate of drug-likeness (QED) is 0.704. The number of nitrogens with two attached hydrogens (primary N) is 1. The summed E-state index contributed by atoms with van der Waals surface area (Å²) in [4.78, 5) is 0. The molecule has 1 aliphatic heterocycles. The Kier molecular flexibility index (Phi) is 2.78. The SMILES string of the molecule is CC1(C)CNc2ccc(C(O)CN)cc2O1. The minimum Gasteiger partial charge on any atom is -0.484 e. The number of aliphatic hydroxyl groups is 1. The number of rotatable bonds is 2. The van der Waals surface area contributed by atoms with Crippen molar-refractivity contribution in [2.24, 2.45) is 5.73 Å². The van der Waals surface area contributed by atoms with Crippen LogP contribution < -0.4 is 15.8 Å². The number of nitrogens with one attached hydrogen (secondary N) is 1. The van der Waals surface area contributed by atoms with E-state index < -0.39 is 6.10 Å². The molecule has 0 aliphatic carbocycles. The summed E-state index contributed by atoms with van der Waals surface area (Å²) in [5.41, 5.74) is 6.96. The Balaban J connectivity index is 2.31. The highest BCUT2D eigenvalue weighted by atomic mass is 16.5. The highest BCUT2D eigenvalue weighted by Crippen LogP contribution is 2.34. The molecule has 0 radical (unpaired) electrons.